The highest BCUT2D eigenvalue weighted by atomic mass is 79.9. The summed E-state index contributed by atoms with van der Waals surface area (Å²) in [6, 6.07) is 5.33. The van der Waals surface area contributed by atoms with Crippen LogP contribution in [-0.4, -0.2) is 9.97 Å². The van der Waals surface area contributed by atoms with Gasteiger partial charge < -0.3 is 5.73 Å². The minimum absolute atomic E-state index is 0.260. The molecule has 0 saturated heterocycles. The Hall–Kier alpha value is -0.490. The van der Waals surface area contributed by atoms with Gasteiger partial charge in [-0.15, -0.1) is 0 Å². The van der Waals surface area contributed by atoms with Gasteiger partial charge in [-0.25, -0.2) is 9.97 Å². The van der Waals surface area contributed by atoms with Crippen molar-refractivity contribution in [3.63, 3.8) is 0 Å². The van der Waals surface area contributed by atoms with E-state index in [-0.39, 0.29) is 5.82 Å². The third-order valence-corrected chi connectivity index (χ3v) is 3.95. The average Bonchev–Trinajstić information content (AvgIpc) is 2.29. The van der Waals surface area contributed by atoms with Gasteiger partial charge in [0.25, 0.3) is 0 Å². The summed E-state index contributed by atoms with van der Waals surface area (Å²) in [6.45, 7) is 0. The molecule has 0 fully saturated rings. The number of rotatable bonds is 2. The van der Waals surface area contributed by atoms with Crippen molar-refractivity contribution in [2.75, 3.05) is 5.73 Å². The lowest BCUT2D eigenvalue weighted by molar-refractivity contribution is 1.09. The molecule has 0 atom stereocenters. The van der Waals surface area contributed by atoms with Gasteiger partial charge in [0, 0.05) is 10.7 Å². The van der Waals surface area contributed by atoms with Crippen LogP contribution in [0.15, 0.2) is 38.9 Å². The van der Waals surface area contributed by atoms with E-state index >= 15 is 0 Å². The van der Waals surface area contributed by atoms with Crippen LogP contribution in [-0.2, 0) is 0 Å². The van der Waals surface area contributed by atoms with Gasteiger partial charge in [0.2, 0.25) is 0 Å². The van der Waals surface area contributed by atoms with Crippen molar-refractivity contribution in [3.05, 3.63) is 38.9 Å². The van der Waals surface area contributed by atoms with Crippen molar-refractivity contribution in [1.29, 1.82) is 0 Å². The minimum Gasteiger partial charge on any atom is -0.382 e. The van der Waals surface area contributed by atoms with Gasteiger partial charge in [0.1, 0.15) is 15.9 Å². The first-order valence-corrected chi connectivity index (χ1v) is 6.84. The third-order valence-electron chi connectivity index (χ3n) is 1.83. The maximum atomic E-state index is 6.02. The van der Waals surface area contributed by atoms with Crippen LogP contribution in [0.2, 0.25) is 10.0 Å². The molecule has 17 heavy (non-hydrogen) atoms. The molecule has 0 aliphatic carbocycles. The number of aromatic nitrogens is 2. The van der Waals surface area contributed by atoms with Crippen LogP contribution in [0.1, 0.15) is 0 Å². The molecule has 2 aromatic heterocycles. The molecule has 0 amide bonds. The predicted octanol–water partition coefficient (Wildman–Crippen LogP) is 4.28. The van der Waals surface area contributed by atoms with E-state index in [0.29, 0.717) is 15.1 Å². The highest BCUT2D eigenvalue weighted by molar-refractivity contribution is 9.10. The molecule has 0 radical (unpaired) electrons. The van der Waals surface area contributed by atoms with E-state index in [0.717, 1.165) is 9.50 Å². The van der Waals surface area contributed by atoms with Crippen molar-refractivity contribution in [2.24, 2.45) is 0 Å². The zero-order valence-corrected chi connectivity index (χ0v) is 12.2. The summed E-state index contributed by atoms with van der Waals surface area (Å²) < 4.78 is 0.913. The number of hydrogen-bond acceptors (Lipinski definition) is 4. The molecule has 2 aromatic rings. The molecular weight excluding hydrogens is 345 g/mol. The first kappa shape index (κ1) is 13.0. The SMILES string of the molecule is Nc1nc(Sc2ccc(Br)cn2)c(Cl)cc1Cl. The lowest BCUT2D eigenvalue weighted by Crippen LogP contribution is -1.93. The number of halogens is 3. The molecule has 88 valence electrons. The van der Waals surface area contributed by atoms with Crippen molar-refractivity contribution >= 4 is 56.7 Å². The summed E-state index contributed by atoms with van der Waals surface area (Å²) in [5.74, 6) is 0.260. The largest absolute Gasteiger partial charge is 0.382 e. The van der Waals surface area contributed by atoms with Crippen LogP contribution in [0.5, 0.6) is 0 Å². The fourth-order valence-electron chi connectivity index (χ4n) is 1.06. The zero-order valence-electron chi connectivity index (χ0n) is 8.32. The van der Waals surface area contributed by atoms with Gasteiger partial charge in [-0.05, 0) is 45.9 Å². The second kappa shape index (κ2) is 5.44. The van der Waals surface area contributed by atoms with E-state index in [1.165, 1.54) is 11.8 Å². The second-order valence-electron chi connectivity index (χ2n) is 3.06. The Kier molecular flexibility index (Phi) is 4.14. The maximum Gasteiger partial charge on any atom is 0.143 e. The standard InChI is InChI=1S/C10H6BrCl2N3S/c11-5-1-2-8(15-4-5)17-10-7(13)3-6(12)9(14)16-10/h1-4H,(H2,14,16). The summed E-state index contributed by atoms with van der Waals surface area (Å²) in [7, 11) is 0. The Balaban J connectivity index is 2.30. The van der Waals surface area contributed by atoms with Gasteiger partial charge in [-0.3, -0.25) is 0 Å². The van der Waals surface area contributed by atoms with Gasteiger partial charge in [0.05, 0.1) is 10.0 Å². The molecule has 0 aliphatic heterocycles. The van der Waals surface area contributed by atoms with E-state index in [1.54, 1.807) is 12.3 Å². The maximum absolute atomic E-state index is 6.02. The molecule has 0 spiro atoms. The van der Waals surface area contributed by atoms with Crippen molar-refractivity contribution in [1.82, 2.24) is 9.97 Å². The molecule has 2 rings (SSSR count). The number of nitrogens with zero attached hydrogens (tertiary/aromatic N) is 2. The average molecular weight is 351 g/mol. The summed E-state index contributed by atoms with van der Waals surface area (Å²) in [5, 5.41) is 2.18. The van der Waals surface area contributed by atoms with E-state index < -0.39 is 0 Å². The molecule has 3 nitrogen and oxygen atoms in total. The summed E-state index contributed by atoms with van der Waals surface area (Å²) in [6.07, 6.45) is 1.70. The molecule has 0 bridgehead atoms. The number of pyridine rings is 2. The first-order chi connectivity index (χ1) is 8.06. The molecular formula is C10H6BrCl2N3S. The minimum atomic E-state index is 0.260. The van der Waals surface area contributed by atoms with Crippen LogP contribution < -0.4 is 5.73 Å². The lowest BCUT2D eigenvalue weighted by atomic mass is 10.5. The Morgan fingerprint density at radius 2 is 2.00 bits per heavy atom. The number of nitrogens with two attached hydrogens (primary N) is 1. The smallest absolute Gasteiger partial charge is 0.143 e. The summed E-state index contributed by atoms with van der Waals surface area (Å²) >= 11 is 16.5. The predicted molar refractivity (Wildman–Crippen MR) is 74.7 cm³/mol. The number of nitrogen functional groups attached to an aromatic ring is 1. The monoisotopic (exact) mass is 349 g/mol. The number of anilines is 1. The van der Waals surface area contributed by atoms with Crippen LogP contribution in [0.4, 0.5) is 5.82 Å². The molecule has 2 N–H and O–H groups in total. The normalized spacial score (nSPS) is 10.5. The van der Waals surface area contributed by atoms with Gasteiger partial charge in [-0.2, -0.15) is 0 Å². The Morgan fingerprint density at radius 1 is 1.24 bits per heavy atom. The quantitative estimate of drug-likeness (QED) is 0.878. The first-order valence-electron chi connectivity index (χ1n) is 4.47. The van der Waals surface area contributed by atoms with Crippen LogP contribution in [0.3, 0.4) is 0 Å². The topological polar surface area (TPSA) is 51.8 Å². The summed E-state index contributed by atoms with van der Waals surface area (Å²) in [4.78, 5) is 8.33. The van der Waals surface area contributed by atoms with Crippen LogP contribution >= 0.6 is 50.9 Å². The fraction of sp³-hybridized carbons (Fsp3) is 0. The molecule has 7 heteroatoms. The van der Waals surface area contributed by atoms with Gasteiger partial charge in [0.15, 0.2) is 0 Å². The molecule has 0 unspecified atom stereocenters. The second-order valence-corrected chi connectivity index (χ2v) is 5.80. The van der Waals surface area contributed by atoms with Gasteiger partial charge >= 0.3 is 0 Å². The molecule has 2 heterocycles. The molecule has 0 aromatic carbocycles. The molecule has 0 saturated carbocycles. The van der Waals surface area contributed by atoms with Crippen LogP contribution in [0.25, 0.3) is 0 Å². The molecule has 0 aliphatic rings. The van der Waals surface area contributed by atoms with E-state index in [4.69, 9.17) is 28.9 Å². The highest BCUT2D eigenvalue weighted by Crippen LogP contribution is 2.34. The van der Waals surface area contributed by atoms with E-state index in [2.05, 4.69) is 25.9 Å². The fourth-order valence-corrected chi connectivity index (χ4v) is 2.51. The van der Waals surface area contributed by atoms with E-state index in [9.17, 15) is 0 Å². The zero-order chi connectivity index (χ0) is 12.4. The van der Waals surface area contributed by atoms with Gasteiger partial charge in [-0.1, -0.05) is 23.2 Å². The Bertz CT molecular complexity index is 548. The number of hydrogen-bond donors (Lipinski definition) is 1. The lowest BCUT2D eigenvalue weighted by Gasteiger charge is -2.05. The van der Waals surface area contributed by atoms with E-state index in [1.807, 2.05) is 12.1 Å². The van der Waals surface area contributed by atoms with Crippen molar-refractivity contribution in [2.45, 2.75) is 10.1 Å². The van der Waals surface area contributed by atoms with Crippen molar-refractivity contribution in [3.8, 4) is 0 Å². The Morgan fingerprint density at radius 3 is 2.65 bits per heavy atom. The third kappa shape index (κ3) is 3.25. The highest BCUT2D eigenvalue weighted by Gasteiger charge is 2.09. The van der Waals surface area contributed by atoms with Crippen LogP contribution in [0, 0.1) is 0 Å². The Labute approximate surface area is 121 Å². The summed E-state index contributed by atoms with van der Waals surface area (Å²) in [5.41, 5.74) is 5.62. The van der Waals surface area contributed by atoms with Crippen molar-refractivity contribution < 1.29 is 0 Å².